The zero-order valence-corrected chi connectivity index (χ0v) is 18.1. The topological polar surface area (TPSA) is 54.9 Å². The molecule has 0 spiro atoms. The minimum absolute atomic E-state index is 0.0485. The summed E-state index contributed by atoms with van der Waals surface area (Å²) in [7, 11) is 0. The summed E-state index contributed by atoms with van der Waals surface area (Å²) in [4.78, 5) is 22.2. The van der Waals surface area contributed by atoms with Crippen molar-refractivity contribution in [1.82, 2.24) is 9.97 Å². The number of amides is 1. The first-order valence-electron chi connectivity index (χ1n) is 9.84. The molecule has 1 amide bonds. The van der Waals surface area contributed by atoms with Gasteiger partial charge in [-0.15, -0.1) is 0 Å². The first-order chi connectivity index (χ1) is 14.5. The first kappa shape index (κ1) is 20.1. The van der Waals surface area contributed by atoms with E-state index >= 15 is 0 Å². The number of hydrogen-bond acceptors (Lipinski definition) is 4. The van der Waals surface area contributed by atoms with Crippen LogP contribution in [0.1, 0.15) is 16.7 Å². The van der Waals surface area contributed by atoms with Gasteiger partial charge in [0.25, 0.3) is 0 Å². The van der Waals surface area contributed by atoms with Crippen LogP contribution in [0.2, 0.25) is 0 Å². The highest BCUT2D eigenvalue weighted by Crippen LogP contribution is 2.30. The van der Waals surface area contributed by atoms with Gasteiger partial charge in [0.1, 0.15) is 5.03 Å². The highest BCUT2D eigenvalue weighted by Gasteiger charge is 2.13. The summed E-state index contributed by atoms with van der Waals surface area (Å²) in [5.74, 6) is 0.907. The van der Waals surface area contributed by atoms with Crippen LogP contribution in [0.5, 0.6) is 0 Å². The maximum Gasteiger partial charge on any atom is 0.234 e. The number of carbonyl (C=O) groups excluding carboxylic acids is 1. The molecule has 30 heavy (non-hydrogen) atoms. The number of fused-ring (bicyclic) bond motifs is 1. The molecule has 3 aromatic carbocycles. The van der Waals surface area contributed by atoms with E-state index in [2.05, 4.69) is 11.4 Å². The van der Waals surface area contributed by atoms with Gasteiger partial charge in [0.05, 0.1) is 11.3 Å². The molecular weight excluding hydrogens is 390 g/mol. The second kappa shape index (κ2) is 8.67. The molecule has 0 fully saturated rings. The van der Waals surface area contributed by atoms with Crippen LogP contribution >= 0.6 is 11.8 Å². The number of hydrogen-bond donors (Lipinski definition) is 1. The number of rotatable bonds is 5. The Morgan fingerprint density at radius 3 is 2.47 bits per heavy atom. The Hall–Kier alpha value is -3.18. The Morgan fingerprint density at radius 1 is 0.900 bits per heavy atom. The maximum atomic E-state index is 12.6. The molecule has 1 N–H and O–H groups in total. The number of nitrogens with one attached hydrogen (secondary N) is 1. The summed E-state index contributed by atoms with van der Waals surface area (Å²) in [5.41, 5.74) is 6.06. The molecule has 0 saturated carbocycles. The summed E-state index contributed by atoms with van der Waals surface area (Å²) in [5, 5.41) is 4.80. The van der Waals surface area contributed by atoms with Gasteiger partial charge in [0, 0.05) is 16.6 Å². The first-order valence-corrected chi connectivity index (χ1v) is 10.8. The molecule has 150 valence electrons. The molecular formula is C25H23N3OS. The van der Waals surface area contributed by atoms with Gasteiger partial charge in [-0.3, -0.25) is 4.79 Å². The molecule has 5 heteroatoms. The van der Waals surface area contributed by atoms with Crippen LogP contribution in [0.15, 0.2) is 71.8 Å². The highest BCUT2D eigenvalue weighted by atomic mass is 32.2. The van der Waals surface area contributed by atoms with Gasteiger partial charge in [0.2, 0.25) is 5.91 Å². The third-order valence-electron chi connectivity index (χ3n) is 4.92. The molecule has 0 unspecified atom stereocenters. The molecule has 0 aliphatic rings. The van der Waals surface area contributed by atoms with Gasteiger partial charge in [-0.2, -0.15) is 0 Å². The monoisotopic (exact) mass is 413 g/mol. The molecule has 1 aromatic heterocycles. The van der Waals surface area contributed by atoms with Gasteiger partial charge < -0.3 is 5.32 Å². The van der Waals surface area contributed by atoms with E-state index in [1.165, 1.54) is 17.3 Å². The lowest BCUT2D eigenvalue weighted by atomic mass is 10.1. The van der Waals surface area contributed by atoms with Crippen molar-refractivity contribution in [2.24, 2.45) is 0 Å². The Kier molecular flexibility index (Phi) is 5.81. The van der Waals surface area contributed by atoms with E-state index in [0.29, 0.717) is 5.82 Å². The van der Waals surface area contributed by atoms with E-state index in [4.69, 9.17) is 9.97 Å². The predicted octanol–water partition coefficient (Wildman–Crippen LogP) is 5.95. The van der Waals surface area contributed by atoms with E-state index in [1.807, 2.05) is 81.4 Å². The van der Waals surface area contributed by atoms with Crippen molar-refractivity contribution < 1.29 is 4.79 Å². The standard InChI is InChI=1S/C25H23N3OS/c1-16-12-13-21(18(3)14-16)26-22(29)15-30-25-20-11-7-8-17(2)23(20)27-24(28-25)19-9-5-4-6-10-19/h4-14H,15H2,1-3H3,(H,26,29). The average molecular weight is 414 g/mol. The summed E-state index contributed by atoms with van der Waals surface area (Å²) in [6.07, 6.45) is 0. The Balaban J connectivity index is 1.61. The van der Waals surface area contributed by atoms with E-state index in [-0.39, 0.29) is 11.7 Å². The fourth-order valence-corrected chi connectivity index (χ4v) is 4.18. The van der Waals surface area contributed by atoms with Crippen LogP contribution in [0, 0.1) is 20.8 Å². The largest absolute Gasteiger partial charge is 0.325 e. The minimum atomic E-state index is -0.0485. The number of benzene rings is 3. The molecule has 0 radical (unpaired) electrons. The lowest BCUT2D eigenvalue weighted by molar-refractivity contribution is -0.113. The van der Waals surface area contributed by atoms with Crippen LogP contribution in [0.4, 0.5) is 5.69 Å². The lowest BCUT2D eigenvalue weighted by Crippen LogP contribution is -2.15. The van der Waals surface area contributed by atoms with E-state index in [0.717, 1.165) is 38.3 Å². The van der Waals surface area contributed by atoms with E-state index in [9.17, 15) is 4.79 Å². The zero-order chi connectivity index (χ0) is 21.1. The third-order valence-corrected chi connectivity index (χ3v) is 5.91. The molecule has 0 atom stereocenters. The van der Waals surface area contributed by atoms with Gasteiger partial charge in [0.15, 0.2) is 5.82 Å². The summed E-state index contributed by atoms with van der Waals surface area (Å²) >= 11 is 1.44. The van der Waals surface area contributed by atoms with Crippen LogP contribution in [0.25, 0.3) is 22.3 Å². The highest BCUT2D eigenvalue weighted by molar-refractivity contribution is 8.00. The summed E-state index contributed by atoms with van der Waals surface area (Å²) < 4.78 is 0. The molecule has 4 aromatic rings. The molecule has 0 bridgehead atoms. The third kappa shape index (κ3) is 4.36. The van der Waals surface area contributed by atoms with Crippen LogP contribution in [0.3, 0.4) is 0 Å². The van der Waals surface area contributed by atoms with E-state index in [1.54, 1.807) is 0 Å². The van der Waals surface area contributed by atoms with Crippen LogP contribution in [-0.4, -0.2) is 21.6 Å². The number of carbonyl (C=O) groups is 1. The second-order valence-electron chi connectivity index (χ2n) is 7.34. The number of nitrogens with zero attached hydrogens (tertiary/aromatic N) is 2. The smallest absolute Gasteiger partial charge is 0.234 e. The van der Waals surface area contributed by atoms with Crippen molar-refractivity contribution in [1.29, 1.82) is 0 Å². The van der Waals surface area contributed by atoms with Gasteiger partial charge >= 0.3 is 0 Å². The fraction of sp³-hybridized carbons (Fsp3) is 0.160. The number of thioether (sulfide) groups is 1. The van der Waals surface area contributed by atoms with Gasteiger partial charge in [-0.1, -0.05) is 78.0 Å². The van der Waals surface area contributed by atoms with Gasteiger partial charge in [-0.05, 0) is 38.0 Å². The summed E-state index contributed by atoms with van der Waals surface area (Å²) in [6, 6.07) is 22.0. The zero-order valence-electron chi connectivity index (χ0n) is 17.3. The fourth-order valence-electron chi connectivity index (χ4n) is 3.37. The van der Waals surface area contributed by atoms with Crippen LogP contribution in [-0.2, 0) is 4.79 Å². The van der Waals surface area contributed by atoms with E-state index < -0.39 is 0 Å². The Bertz CT molecular complexity index is 1220. The Labute approximate surface area is 180 Å². The average Bonchev–Trinajstić information content (AvgIpc) is 2.75. The normalized spacial score (nSPS) is 10.9. The van der Waals surface area contributed by atoms with Crippen molar-refractivity contribution in [2.45, 2.75) is 25.8 Å². The Morgan fingerprint density at radius 2 is 1.70 bits per heavy atom. The van der Waals surface area contributed by atoms with Crippen molar-refractivity contribution in [3.63, 3.8) is 0 Å². The molecule has 0 aliphatic carbocycles. The lowest BCUT2D eigenvalue weighted by Gasteiger charge is -2.11. The second-order valence-corrected chi connectivity index (χ2v) is 8.31. The SMILES string of the molecule is Cc1ccc(NC(=O)CSc2nc(-c3ccccc3)nc3c(C)cccc23)c(C)c1. The molecule has 1 heterocycles. The van der Waals surface area contributed by atoms with Crippen molar-refractivity contribution in [3.05, 3.63) is 83.4 Å². The number of aromatic nitrogens is 2. The predicted molar refractivity (Wildman–Crippen MR) is 125 cm³/mol. The summed E-state index contributed by atoms with van der Waals surface area (Å²) in [6.45, 7) is 6.09. The van der Waals surface area contributed by atoms with Crippen LogP contribution < -0.4 is 5.32 Å². The minimum Gasteiger partial charge on any atom is -0.325 e. The van der Waals surface area contributed by atoms with Gasteiger partial charge in [-0.25, -0.2) is 9.97 Å². The molecule has 0 saturated heterocycles. The molecule has 0 aliphatic heterocycles. The quantitative estimate of drug-likeness (QED) is 0.324. The number of anilines is 1. The molecule has 4 nitrogen and oxygen atoms in total. The molecule has 4 rings (SSSR count). The van der Waals surface area contributed by atoms with Crippen molar-refractivity contribution in [3.8, 4) is 11.4 Å². The number of aryl methyl sites for hydroxylation is 3. The van der Waals surface area contributed by atoms with Crippen molar-refractivity contribution >= 4 is 34.3 Å². The maximum absolute atomic E-state index is 12.6. The van der Waals surface area contributed by atoms with Crippen molar-refractivity contribution in [2.75, 3.05) is 11.1 Å². The number of para-hydroxylation sites is 1.